The molecule has 0 aliphatic rings. The second-order valence-corrected chi connectivity index (χ2v) is 8.15. The molecule has 0 unspecified atom stereocenters. The summed E-state index contributed by atoms with van der Waals surface area (Å²) in [4.78, 5) is 21.2. The zero-order chi connectivity index (χ0) is 19.1. The first kappa shape index (κ1) is 19.4. The number of ether oxygens (including phenoxy) is 1. The molecule has 1 aromatic carbocycles. The third kappa shape index (κ3) is 5.80. The smallest absolute Gasteiger partial charge is 0.256 e. The van der Waals surface area contributed by atoms with Crippen molar-refractivity contribution in [2.75, 3.05) is 11.1 Å². The van der Waals surface area contributed by atoms with Crippen LogP contribution in [0.1, 0.15) is 33.5 Å². The van der Waals surface area contributed by atoms with Crippen LogP contribution in [0.5, 0.6) is 5.75 Å². The van der Waals surface area contributed by atoms with Gasteiger partial charge in [-0.1, -0.05) is 13.0 Å². The number of carbonyl (C=O) groups is 1. The summed E-state index contributed by atoms with van der Waals surface area (Å²) in [6.45, 7) is 4.47. The fraction of sp³-hybridized carbons (Fsp3) is 0.250. The fourth-order valence-corrected chi connectivity index (χ4v) is 3.62. The first-order chi connectivity index (χ1) is 13.1. The maximum Gasteiger partial charge on any atom is 0.256 e. The van der Waals surface area contributed by atoms with E-state index < -0.39 is 0 Å². The van der Waals surface area contributed by atoms with Gasteiger partial charge >= 0.3 is 0 Å². The molecule has 2 heterocycles. The van der Waals surface area contributed by atoms with Gasteiger partial charge in [-0.15, -0.1) is 11.3 Å². The maximum absolute atomic E-state index is 12.5. The first-order valence-corrected chi connectivity index (χ1v) is 10.7. The zero-order valence-electron chi connectivity index (χ0n) is 15.3. The van der Waals surface area contributed by atoms with Gasteiger partial charge in [-0.05, 0) is 48.6 Å². The quantitative estimate of drug-likeness (QED) is 0.582. The van der Waals surface area contributed by atoms with Gasteiger partial charge in [-0.2, -0.15) is 11.8 Å². The second-order valence-electron chi connectivity index (χ2n) is 5.81. The average molecular weight is 400 g/mol. The Balaban J connectivity index is 1.63. The largest absolute Gasteiger partial charge is 0.487 e. The average Bonchev–Trinajstić information content (AvgIpc) is 3.10. The van der Waals surface area contributed by atoms with E-state index in [0.717, 1.165) is 27.8 Å². The van der Waals surface area contributed by atoms with Gasteiger partial charge in [0.2, 0.25) is 0 Å². The number of pyridine rings is 1. The molecule has 2 aromatic heterocycles. The van der Waals surface area contributed by atoms with Gasteiger partial charge in [0, 0.05) is 22.9 Å². The zero-order valence-corrected chi connectivity index (χ0v) is 16.9. The molecule has 0 spiro atoms. The predicted molar refractivity (Wildman–Crippen MR) is 112 cm³/mol. The highest BCUT2D eigenvalue weighted by Gasteiger charge is 2.09. The molecule has 0 aliphatic carbocycles. The van der Waals surface area contributed by atoms with Crippen LogP contribution in [0.25, 0.3) is 0 Å². The lowest BCUT2D eigenvalue weighted by Gasteiger charge is -2.08. The Kier molecular flexibility index (Phi) is 6.84. The van der Waals surface area contributed by atoms with E-state index in [1.165, 1.54) is 0 Å². The number of aromatic nitrogens is 2. The highest BCUT2D eigenvalue weighted by molar-refractivity contribution is 7.98. The van der Waals surface area contributed by atoms with Gasteiger partial charge in [0.05, 0.1) is 10.7 Å². The number of benzene rings is 1. The van der Waals surface area contributed by atoms with Crippen LogP contribution in [-0.4, -0.2) is 21.6 Å². The van der Waals surface area contributed by atoms with E-state index in [1.807, 2.05) is 42.3 Å². The summed E-state index contributed by atoms with van der Waals surface area (Å²) in [5.41, 5.74) is 2.55. The van der Waals surface area contributed by atoms with E-state index in [0.29, 0.717) is 23.7 Å². The molecule has 0 atom stereocenters. The lowest BCUT2D eigenvalue weighted by molar-refractivity contribution is 0.102. The molecule has 0 saturated heterocycles. The van der Waals surface area contributed by atoms with E-state index in [4.69, 9.17) is 4.74 Å². The number of carbonyl (C=O) groups excluding carboxylic acids is 1. The topological polar surface area (TPSA) is 64.1 Å². The second kappa shape index (κ2) is 9.53. The van der Waals surface area contributed by atoms with Gasteiger partial charge < -0.3 is 10.1 Å². The lowest BCUT2D eigenvalue weighted by Crippen LogP contribution is -2.13. The van der Waals surface area contributed by atoms with Gasteiger partial charge in [0.1, 0.15) is 18.2 Å². The van der Waals surface area contributed by atoms with Crippen molar-refractivity contribution < 1.29 is 9.53 Å². The summed E-state index contributed by atoms with van der Waals surface area (Å²) in [6.07, 6.45) is 1.72. The Morgan fingerprint density at radius 2 is 2.19 bits per heavy atom. The minimum atomic E-state index is -0.210. The third-order valence-corrected chi connectivity index (χ3v) is 5.46. The molecule has 0 fully saturated rings. The van der Waals surface area contributed by atoms with Crippen molar-refractivity contribution in [3.63, 3.8) is 0 Å². The van der Waals surface area contributed by atoms with E-state index in [9.17, 15) is 4.79 Å². The van der Waals surface area contributed by atoms with E-state index in [2.05, 4.69) is 22.2 Å². The first-order valence-electron chi connectivity index (χ1n) is 8.62. The molecule has 0 radical (unpaired) electrons. The number of nitrogens with one attached hydrogen (secondary N) is 1. The molecule has 27 heavy (non-hydrogen) atoms. The number of hydrogen-bond acceptors (Lipinski definition) is 6. The minimum Gasteiger partial charge on any atom is -0.487 e. The van der Waals surface area contributed by atoms with Crippen LogP contribution >= 0.6 is 23.1 Å². The molecule has 3 aromatic rings. The number of thioether (sulfide) groups is 1. The summed E-state index contributed by atoms with van der Waals surface area (Å²) >= 11 is 3.42. The van der Waals surface area contributed by atoms with E-state index in [-0.39, 0.29) is 5.91 Å². The summed E-state index contributed by atoms with van der Waals surface area (Å²) in [6, 6.07) is 11.0. The highest BCUT2D eigenvalue weighted by Crippen LogP contribution is 2.18. The van der Waals surface area contributed by atoms with Crippen LogP contribution in [0, 0.1) is 6.92 Å². The van der Waals surface area contributed by atoms with Crippen LogP contribution < -0.4 is 10.1 Å². The molecule has 3 rings (SSSR count). The van der Waals surface area contributed by atoms with Crippen molar-refractivity contribution in [2.24, 2.45) is 0 Å². The van der Waals surface area contributed by atoms with E-state index >= 15 is 0 Å². The molecule has 0 saturated carbocycles. The van der Waals surface area contributed by atoms with Gasteiger partial charge in [0.25, 0.3) is 5.91 Å². The van der Waals surface area contributed by atoms with Crippen LogP contribution in [0.15, 0.2) is 48.0 Å². The normalized spacial score (nSPS) is 10.6. The number of rotatable bonds is 8. The molecule has 0 bridgehead atoms. The minimum absolute atomic E-state index is 0.210. The summed E-state index contributed by atoms with van der Waals surface area (Å²) < 4.78 is 5.76. The van der Waals surface area contributed by atoms with Crippen LogP contribution in [0.4, 0.5) is 5.82 Å². The molecule has 5 nitrogen and oxygen atoms in total. The van der Waals surface area contributed by atoms with Crippen LogP contribution in [0.2, 0.25) is 0 Å². The number of aryl methyl sites for hydroxylation is 1. The highest BCUT2D eigenvalue weighted by atomic mass is 32.2. The molecule has 0 aliphatic heterocycles. The Hall–Kier alpha value is -2.38. The standard InChI is InChI=1S/C20H21N3O2S2/c1-3-26-12-15-7-8-21-19(9-15)23-20(24)16-5-4-6-18(10-16)25-11-17-13-27-14(2)22-17/h4-10,13H,3,11-12H2,1-2H3,(H,21,23,24). The van der Waals surface area contributed by atoms with Crippen molar-refractivity contribution in [3.8, 4) is 5.75 Å². The monoisotopic (exact) mass is 399 g/mol. The molecule has 1 N–H and O–H groups in total. The number of nitrogens with zero attached hydrogens (tertiary/aromatic N) is 2. The number of amides is 1. The molecule has 1 amide bonds. The molecule has 140 valence electrons. The Morgan fingerprint density at radius 1 is 1.30 bits per heavy atom. The third-order valence-electron chi connectivity index (χ3n) is 3.69. The number of hydrogen-bond donors (Lipinski definition) is 1. The Bertz CT molecular complexity index is 912. The van der Waals surface area contributed by atoms with Crippen molar-refractivity contribution in [1.82, 2.24) is 9.97 Å². The maximum atomic E-state index is 12.5. The van der Waals surface area contributed by atoms with Crippen molar-refractivity contribution in [1.29, 1.82) is 0 Å². The predicted octanol–water partition coefficient (Wildman–Crippen LogP) is 4.93. The molecular weight excluding hydrogens is 378 g/mol. The molecule has 7 heteroatoms. The van der Waals surface area contributed by atoms with Crippen molar-refractivity contribution in [3.05, 3.63) is 69.8 Å². The summed E-state index contributed by atoms with van der Waals surface area (Å²) in [5.74, 6) is 2.93. The van der Waals surface area contributed by atoms with Crippen LogP contribution in [0.3, 0.4) is 0 Å². The van der Waals surface area contributed by atoms with Gasteiger partial charge in [0.15, 0.2) is 0 Å². The number of thiazole rings is 1. The number of anilines is 1. The van der Waals surface area contributed by atoms with Crippen molar-refractivity contribution >= 4 is 34.8 Å². The van der Waals surface area contributed by atoms with Crippen molar-refractivity contribution in [2.45, 2.75) is 26.2 Å². The van der Waals surface area contributed by atoms with Gasteiger partial charge in [-0.3, -0.25) is 4.79 Å². The Morgan fingerprint density at radius 3 is 2.96 bits per heavy atom. The van der Waals surface area contributed by atoms with E-state index in [1.54, 1.807) is 35.7 Å². The summed E-state index contributed by atoms with van der Waals surface area (Å²) in [7, 11) is 0. The van der Waals surface area contributed by atoms with Gasteiger partial charge in [-0.25, -0.2) is 9.97 Å². The fourth-order valence-electron chi connectivity index (χ4n) is 2.40. The summed E-state index contributed by atoms with van der Waals surface area (Å²) in [5, 5.41) is 5.84. The molecular formula is C20H21N3O2S2. The lowest BCUT2D eigenvalue weighted by atomic mass is 10.2. The SMILES string of the molecule is CCSCc1ccnc(NC(=O)c2cccc(OCc3csc(C)n3)c2)c1. The van der Waals surface area contributed by atoms with Crippen LogP contribution in [-0.2, 0) is 12.4 Å². The Labute approximate surface area is 167 Å².